The topological polar surface area (TPSA) is 61.1 Å². The lowest BCUT2D eigenvalue weighted by atomic mass is 10.2. The number of hydrogen-bond acceptors (Lipinski definition) is 2. The second-order valence-electron chi connectivity index (χ2n) is 7.16. The van der Waals surface area contributed by atoms with Crippen LogP contribution in [0, 0.1) is 17.1 Å². The molecule has 1 heterocycles. The van der Waals surface area contributed by atoms with E-state index in [-0.39, 0.29) is 11.8 Å². The van der Waals surface area contributed by atoms with E-state index >= 15 is 0 Å². The standard InChI is InChI=1S/C24H25FN4O/c1-2-3-12-29(24(30)27-22-10-5-7-19(15-22)16-26)18-23-11-6-13-28(23)17-20-8-4-9-21(25)14-20/h4-11,13-15H,2-3,12,17-18H2,1H3,(H,27,30). The van der Waals surface area contributed by atoms with Gasteiger partial charge >= 0.3 is 6.03 Å². The number of carbonyl (C=O) groups excluding carboxylic acids is 1. The Labute approximate surface area is 176 Å². The van der Waals surface area contributed by atoms with Crippen LogP contribution in [-0.4, -0.2) is 22.0 Å². The second-order valence-corrected chi connectivity index (χ2v) is 7.16. The average molecular weight is 404 g/mol. The third kappa shape index (κ3) is 5.71. The van der Waals surface area contributed by atoms with Crippen LogP contribution in [0.1, 0.15) is 36.6 Å². The Morgan fingerprint density at radius 2 is 2.00 bits per heavy atom. The van der Waals surface area contributed by atoms with Crippen LogP contribution >= 0.6 is 0 Å². The van der Waals surface area contributed by atoms with Gasteiger partial charge in [0.25, 0.3) is 0 Å². The van der Waals surface area contributed by atoms with E-state index in [0.717, 1.165) is 24.1 Å². The quantitative estimate of drug-likeness (QED) is 0.548. The molecule has 5 nitrogen and oxygen atoms in total. The highest BCUT2D eigenvalue weighted by molar-refractivity contribution is 5.89. The van der Waals surface area contributed by atoms with Crippen molar-refractivity contribution >= 4 is 11.7 Å². The first-order valence-electron chi connectivity index (χ1n) is 10.0. The Morgan fingerprint density at radius 3 is 2.77 bits per heavy atom. The molecule has 0 saturated heterocycles. The van der Waals surface area contributed by atoms with Gasteiger partial charge in [-0.25, -0.2) is 9.18 Å². The van der Waals surface area contributed by atoms with Crippen LogP contribution in [0.4, 0.5) is 14.9 Å². The van der Waals surface area contributed by atoms with Crippen LogP contribution < -0.4 is 5.32 Å². The number of nitriles is 1. The molecule has 3 rings (SSSR count). The van der Waals surface area contributed by atoms with Gasteiger partial charge in [0.15, 0.2) is 0 Å². The summed E-state index contributed by atoms with van der Waals surface area (Å²) >= 11 is 0. The molecule has 2 amide bonds. The molecule has 0 radical (unpaired) electrons. The minimum absolute atomic E-state index is 0.211. The van der Waals surface area contributed by atoms with Crippen LogP contribution in [0.2, 0.25) is 0 Å². The minimum Gasteiger partial charge on any atom is -0.345 e. The van der Waals surface area contributed by atoms with Gasteiger partial charge in [-0.15, -0.1) is 0 Å². The number of rotatable bonds is 8. The minimum atomic E-state index is -0.259. The molecule has 1 N–H and O–H groups in total. The Bertz CT molecular complexity index is 1040. The summed E-state index contributed by atoms with van der Waals surface area (Å²) in [4.78, 5) is 14.7. The van der Waals surface area contributed by atoms with Crippen LogP contribution in [-0.2, 0) is 13.1 Å². The summed E-state index contributed by atoms with van der Waals surface area (Å²) in [6, 6.07) is 19.2. The van der Waals surface area contributed by atoms with E-state index in [1.807, 2.05) is 29.0 Å². The smallest absolute Gasteiger partial charge is 0.322 e. The van der Waals surface area contributed by atoms with Gasteiger partial charge in [-0.05, 0) is 54.4 Å². The number of hydrogen-bond donors (Lipinski definition) is 1. The maximum atomic E-state index is 13.5. The van der Waals surface area contributed by atoms with Gasteiger partial charge in [0, 0.05) is 30.7 Å². The molecular weight excluding hydrogens is 379 g/mol. The fraction of sp³-hybridized carbons (Fsp3) is 0.250. The number of unbranched alkanes of at least 4 members (excludes halogenated alkanes) is 1. The number of benzene rings is 2. The Hall–Kier alpha value is -3.59. The molecule has 0 spiro atoms. The molecule has 0 aliphatic heterocycles. The Kier molecular flexibility index (Phi) is 7.23. The molecule has 2 aromatic carbocycles. The monoisotopic (exact) mass is 404 g/mol. The van der Waals surface area contributed by atoms with Gasteiger partial charge in [0.2, 0.25) is 0 Å². The predicted molar refractivity (Wildman–Crippen MR) is 115 cm³/mol. The number of amides is 2. The van der Waals surface area contributed by atoms with Crippen molar-refractivity contribution < 1.29 is 9.18 Å². The molecule has 3 aromatic rings. The van der Waals surface area contributed by atoms with Crippen molar-refractivity contribution in [3.8, 4) is 6.07 Å². The Morgan fingerprint density at radius 1 is 1.17 bits per heavy atom. The van der Waals surface area contributed by atoms with Crippen LogP contribution in [0.15, 0.2) is 66.9 Å². The highest BCUT2D eigenvalue weighted by Crippen LogP contribution is 2.15. The molecule has 0 saturated carbocycles. The number of urea groups is 1. The Balaban J connectivity index is 1.74. The third-order valence-corrected chi connectivity index (χ3v) is 4.83. The summed E-state index contributed by atoms with van der Waals surface area (Å²) in [5, 5.41) is 12.0. The first-order chi connectivity index (χ1) is 14.6. The van der Waals surface area contributed by atoms with Crippen LogP contribution in [0.5, 0.6) is 0 Å². The highest BCUT2D eigenvalue weighted by atomic mass is 19.1. The van der Waals surface area contributed by atoms with Gasteiger partial charge in [-0.2, -0.15) is 5.26 Å². The van der Waals surface area contributed by atoms with Crippen molar-refractivity contribution in [2.45, 2.75) is 32.9 Å². The zero-order chi connectivity index (χ0) is 21.3. The average Bonchev–Trinajstić information content (AvgIpc) is 3.17. The van der Waals surface area contributed by atoms with E-state index in [1.165, 1.54) is 12.1 Å². The fourth-order valence-corrected chi connectivity index (χ4v) is 3.25. The molecule has 6 heteroatoms. The van der Waals surface area contributed by atoms with Crippen molar-refractivity contribution in [3.63, 3.8) is 0 Å². The normalized spacial score (nSPS) is 10.4. The lowest BCUT2D eigenvalue weighted by Gasteiger charge is -2.24. The summed E-state index contributed by atoms with van der Waals surface area (Å²) in [6.07, 6.45) is 3.79. The van der Waals surface area contributed by atoms with Gasteiger partial charge in [-0.3, -0.25) is 0 Å². The molecule has 0 bridgehead atoms. The molecule has 0 unspecified atom stereocenters. The zero-order valence-corrected chi connectivity index (χ0v) is 17.0. The largest absolute Gasteiger partial charge is 0.345 e. The van der Waals surface area contributed by atoms with E-state index in [2.05, 4.69) is 18.3 Å². The number of carbonyl (C=O) groups is 1. The van der Waals surface area contributed by atoms with Crippen LogP contribution in [0.3, 0.4) is 0 Å². The maximum Gasteiger partial charge on any atom is 0.322 e. The SMILES string of the molecule is CCCCN(Cc1cccn1Cc1cccc(F)c1)C(=O)Nc1cccc(C#N)c1. The van der Waals surface area contributed by atoms with Gasteiger partial charge < -0.3 is 14.8 Å². The van der Waals surface area contributed by atoms with Gasteiger partial charge in [0.05, 0.1) is 18.2 Å². The summed E-state index contributed by atoms with van der Waals surface area (Å²) < 4.78 is 15.5. The van der Waals surface area contributed by atoms with Crippen molar-refractivity contribution in [2.24, 2.45) is 0 Å². The molecule has 0 fully saturated rings. The van der Waals surface area contributed by atoms with E-state index in [1.54, 1.807) is 35.2 Å². The summed E-state index contributed by atoms with van der Waals surface area (Å²) in [7, 11) is 0. The first kappa shape index (κ1) is 21.1. The molecule has 0 aliphatic rings. The van der Waals surface area contributed by atoms with Crippen molar-refractivity contribution in [1.29, 1.82) is 5.26 Å². The summed E-state index contributed by atoms with van der Waals surface area (Å²) in [5.74, 6) is -0.259. The van der Waals surface area contributed by atoms with E-state index in [9.17, 15) is 9.18 Å². The molecule has 30 heavy (non-hydrogen) atoms. The van der Waals surface area contributed by atoms with Crippen molar-refractivity contribution in [3.05, 3.63) is 89.5 Å². The molecule has 1 aromatic heterocycles. The lowest BCUT2D eigenvalue weighted by Crippen LogP contribution is -2.36. The van der Waals surface area contributed by atoms with E-state index in [4.69, 9.17) is 5.26 Å². The maximum absolute atomic E-state index is 13.5. The number of halogens is 1. The number of anilines is 1. The summed E-state index contributed by atoms with van der Waals surface area (Å²) in [6.45, 7) is 3.67. The first-order valence-corrected chi connectivity index (χ1v) is 10.0. The van der Waals surface area contributed by atoms with Gasteiger partial charge in [-0.1, -0.05) is 31.5 Å². The number of nitrogens with zero attached hydrogens (tertiary/aromatic N) is 3. The fourth-order valence-electron chi connectivity index (χ4n) is 3.25. The van der Waals surface area contributed by atoms with E-state index < -0.39 is 0 Å². The third-order valence-electron chi connectivity index (χ3n) is 4.83. The molecule has 0 aliphatic carbocycles. The number of nitrogens with one attached hydrogen (secondary N) is 1. The molecule has 154 valence electrons. The summed E-state index contributed by atoms with van der Waals surface area (Å²) in [5.41, 5.74) is 2.93. The second kappa shape index (κ2) is 10.3. The molecule has 0 atom stereocenters. The zero-order valence-electron chi connectivity index (χ0n) is 17.0. The van der Waals surface area contributed by atoms with Gasteiger partial charge in [0.1, 0.15) is 5.82 Å². The van der Waals surface area contributed by atoms with E-state index in [0.29, 0.717) is 30.9 Å². The van der Waals surface area contributed by atoms with Crippen molar-refractivity contribution in [2.75, 3.05) is 11.9 Å². The lowest BCUT2D eigenvalue weighted by molar-refractivity contribution is 0.207. The van der Waals surface area contributed by atoms with Crippen molar-refractivity contribution in [1.82, 2.24) is 9.47 Å². The number of aromatic nitrogens is 1. The predicted octanol–water partition coefficient (Wildman–Crippen LogP) is 5.38. The van der Waals surface area contributed by atoms with Crippen LogP contribution in [0.25, 0.3) is 0 Å². The highest BCUT2D eigenvalue weighted by Gasteiger charge is 2.16. The molecular formula is C24H25FN4O.